The maximum absolute atomic E-state index is 12.4. The number of halogens is 6. The third kappa shape index (κ3) is 5.00. The molecule has 0 aliphatic rings. The van der Waals surface area contributed by atoms with Crippen LogP contribution >= 0.6 is 11.3 Å². The van der Waals surface area contributed by atoms with Crippen molar-refractivity contribution in [3.8, 4) is 0 Å². The molecule has 3 nitrogen and oxygen atoms in total. The van der Waals surface area contributed by atoms with E-state index in [1.54, 1.807) is 11.4 Å². The molecule has 0 atom stereocenters. The van der Waals surface area contributed by atoms with E-state index in [4.69, 9.17) is 0 Å². The van der Waals surface area contributed by atoms with Crippen molar-refractivity contribution in [3.63, 3.8) is 0 Å². The SMILES string of the molecule is FC(F)(F)CCCNc1nc(CC(F)(F)F)nc2sccc12. The van der Waals surface area contributed by atoms with Gasteiger partial charge in [0.15, 0.2) is 0 Å². The lowest BCUT2D eigenvalue weighted by molar-refractivity contribution is -0.135. The van der Waals surface area contributed by atoms with Gasteiger partial charge in [0.25, 0.3) is 0 Å². The number of alkyl halides is 6. The van der Waals surface area contributed by atoms with Gasteiger partial charge in [-0.15, -0.1) is 11.3 Å². The van der Waals surface area contributed by atoms with Crippen LogP contribution in [0.25, 0.3) is 10.2 Å². The highest BCUT2D eigenvalue weighted by atomic mass is 32.1. The molecule has 0 aliphatic carbocycles. The lowest BCUT2D eigenvalue weighted by Gasteiger charge is -2.11. The number of rotatable bonds is 5. The number of aromatic nitrogens is 2. The Labute approximate surface area is 125 Å². The van der Waals surface area contributed by atoms with Gasteiger partial charge in [0, 0.05) is 13.0 Å². The molecular formula is C12H11F6N3S. The molecule has 2 aromatic heterocycles. The second-order valence-corrected chi connectivity index (χ2v) is 5.46. The second kappa shape index (κ2) is 6.27. The molecule has 2 heterocycles. The fourth-order valence-corrected chi connectivity index (χ4v) is 2.57. The lowest BCUT2D eigenvalue weighted by Crippen LogP contribution is -2.16. The molecule has 0 bridgehead atoms. The van der Waals surface area contributed by atoms with E-state index in [-0.39, 0.29) is 18.8 Å². The molecule has 0 amide bonds. The van der Waals surface area contributed by atoms with Crippen LogP contribution in [0.2, 0.25) is 0 Å². The first kappa shape index (κ1) is 16.8. The van der Waals surface area contributed by atoms with Gasteiger partial charge in [0.2, 0.25) is 0 Å². The number of fused-ring (bicyclic) bond motifs is 1. The van der Waals surface area contributed by atoms with Gasteiger partial charge in [-0.05, 0) is 17.9 Å². The van der Waals surface area contributed by atoms with Gasteiger partial charge in [-0.25, -0.2) is 9.97 Å². The molecule has 0 aliphatic heterocycles. The topological polar surface area (TPSA) is 37.8 Å². The van der Waals surface area contributed by atoms with E-state index in [1.165, 1.54) is 0 Å². The highest BCUT2D eigenvalue weighted by Gasteiger charge is 2.30. The standard InChI is InChI=1S/C12H11F6N3S/c13-11(14,15)3-1-4-19-9-7-2-5-22-10(7)21-8(20-9)6-12(16,17)18/h2,5H,1,3-4,6H2,(H,19,20,21). The van der Waals surface area contributed by atoms with Crippen molar-refractivity contribution < 1.29 is 26.3 Å². The van der Waals surface area contributed by atoms with E-state index in [2.05, 4.69) is 15.3 Å². The van der Waals surface area contributed by atoms with Gasteiger partial charge in [-0.3, -0.25) is 0 Å². The van der Waals surface area contributed by atoms with Gasteiger partial charge < -0.3 is 5.32 Å². The Morgan fingerprint density at radius 1 is 1.05 bits per heavy atom. The van der Waals surface area contributed by atoms with E-state index < -0.39 is 31.0 Å². The monoisotopic (exact) mass is 343 g/mol. The van der Waals surface area contributed by atoms with Crippen LogP contribution < -0.4 is 5.32 Å². The van der Waals surface area contributed by atoms with E-state index in [0.717, 1.165) is 11.3 Å². The summed E-state index contributed by atoms with van der Waals surface area (Å²) < 4.78 is 73.4. The van der Waals surface area contributed by atoms with Crippen LogP contribution in [-0.2, 0) is 6.42 Å². The van der Waals surface area contributed by atoms with Crippen molar-refractivity contribution in [2.45, 2.75) is 31.6 Å². The lowest BCUT2D eigenvalue weighted by atomic mass is 10.3. The average molecular weight is 343 g/mol. The Balaban J connectivity index is 2.12. The summed E-state index contributed by atoms with van der Waals surface area (Å²) in [7, 11) is 0. The third-order valence-electron chi connectivity index (χ3n) is 2.66. The predicted octanol–water partition coefficient (Wildman–Crippen LogP) is 4.55. The normalized spacial score (nSPS) is 12.8. The molecular weight excluding hydrogens is 332 g/mol. The molecule has 1 N–H and O–H groups in total. The molecule has 22 heavy (non-hydrogen) atoms. The molecule has 2 aromatic rings. The summed E-state index contributed by atoms with van der Waals surface area (Å²) in [4.78, 5) is 7.96. The van der Waals surface area contributed by atoms with Crippen LogP contribution in [0.4, 0.5) is 32.2 Å². The summed E-state index contributed by atoms with van der Waals surface area (Å²) in [6.07, 6.45) is -11.1. The van der Waals surface area contributed by atoms with Crippen LogP contribution in [0.5, 0.6) is 0 Å². The fraction of sp³-hybridized carbons (Fsp3) is 0.500. The maximum atomic E-state index is 12.4. The first-order chi connectivity index (χ1) is 10.1. The van der Waals surface area contributed by atoms with Crippen LogP contribution in [-0.4, -0.2) is 28.9 Å². The van der Waals surface area contributed by atoms with E-state index >= 15 is 0 Å². The fourth-order valence-electron chi connectivity index (χ4n) is 1.79. The molecule has 0 radical (unpaired) electrons. The van der Waals surface area contributed by atoms with E-state index in [0.29, 0.717) is 10.2 Å². The third-order valence-corrected chi connectivity index (χ3v) is 3.47. The molecule has 0 saturated heterocycles. The van der Waals surface area contributed by atoms with Crippen LogP contribution in [0.1, 0.15) is 18.7 Å². The van der Waals surface area contributed by atoms with Crippen molar-refractivity contribution in [1.29, 1.82) is 0 Å². The zero-order valence-electron chi connectivity index (χ0n) is 11.1. The predicted molar refractivity (Wildman–Crippen MR) is 71.0 cm³/mol. The minimum Gasteiger partial charge on any atom is -0.369 e. The van der Waals surface area contributed by atoms with Crippen LogP contribution in [0.15, 0.2) is 11.4 Å². The van der Waals surface area contributed by atoms with Gasteiger partial charge in [0.05, 0.1) is 5.39 Å². The van der Waals surface area contributed by atoms with E-state index in [1.807, 2.05) is 0 Å². The van der Waals surface area contributed by atoms with Crippen molar-refractivity contribution in [1.82, 2.24) is 9.97 Å². The molecule has 0 saturated carbocycles. The highest BCUT2D eigenvalue weighted by Crippen LogP contribution is 2.28. The van der Waals surface area contributed by atoms with Gasteiger partial charge in [-0.1, -0.05) is 0 Å². The first-order valence-electron chi connectivity index (χ1n) is 6.25. The summed E-state index contributed by atoms with van der Waals surface area (Å²) in [6.45, 7) is -0.0348. The number of anilines is 1. The quantitative estimate of drug-likeness (QED) is 0.639. The van der Waals surface area contributed by atoms with Gasteiger partial charge in [-0.2, -0.15) is 26.3 Å². The Morgan fingerprint density at radius 2 is 1.77 bits per heavy atom. The Morgan fingerprint density at radius 3 is 2.41 bits per heavy atom. The second-order valence-electron chi connectivity index (χ2n) is 4.57. The maximum Gasteiger partial charge on any atom is 0.396 e. The molecule has 10 heteroatoms. The minimum absolute atomic E-state index is 0.0348. The Kier molecular flexibility index (Phi) is 4.78. The smallest absolute Gasteiger partial charge is 0.369 e. The van der Waals surface area contributed by atoms with Crippen molar-refractivity contribution in [3.05, 3.63) is 17.3 Å². The van der Waals surface area contributed by atoms with Crippen molar-refractivity contribution in [2.75, 3.05) is 11.9 Å². The van der Waals surface area contributed by atoms with Crippen LogP contribution in [0.3, 0.4) is 0 Å². The molecule has 0 unspecified atom stereocenters. The van der Waals surface area contributed by atoms with Crippen molar-refractivity contribution >= 4 is 27.4 Å². The molecule has 0 aromatic carbocycles. The minimum atomic E-state index is -4.45. The molecule has 0 fully saturated rings. The molecule has 122 valence electrons. The highest BCUT2D eigenvalue weighted by molar-refractivity contribution is 7.16. The molecule has 0 spiro atoms. The van der Waals surface area contributed by atoms with Gasteiger partial charge in [0.1, 0.15) is 22.9 Å². The Hall–Kier alpha value is -1.58. The number of thiophene rings is 1. The van der Waals surface area contributed by atoms with Crippen LogP contribution in [0, 0.1) is 0 Å². The zero-order valence-corrected chi connectivity index (χ0v) is 11.9. The van der Waals surface area contributed by atoms with E-state index in [9.17, 15) is 26.3 Å². The Bertz CT molecular complexity index is 634. The summed E-state index contributed by atoms with van der Waals surface area (Å²) >= 11 is 1.15. The summed E-state index contributed by atoms with van der Waals surface area (Å²) in [5, 5.41) is 4.80. The number of hydrogen-bond donors (Lipinski definition) is 1. The number of nitrogens with zero attached hydrogens (tertiary/aromatic N) is 2. The first-order valence-corrected chi connectivity index (χ1v) is 7.13. The average Bonchev–Trinajstić information content (AvgIpc) is 2.79. The van der Waals surface area contributed by atoms with Gasteiger partial charge >= 0.3 is 12.4 Å². The summed E-state index contributed by atoms with van der Waals surface area (Å²) in [5.74, 6) is -0.270. The largest absolute Gasteiger partial charge is 0.396 e. The molecule has 2 rings (SSSR count). The number of hydrogen-bond acceptors (Lipinski definition) is 4. The summed E-state index contributed by atoms with van der Waals surface area (Å²) in [6, 6.07) is 1.61. The van der Waals surface area contributed by atoms with Crippen molar-refractivity contribution in [2.24, 2.45) is 0 Å². The number of nitrogens with one attached hydrogen (secondary N) is 1. The summed E-state index contributed by atoms with van der Waals surface area (Å²) in [5.41, 5.74) is 0. The zero-order chi connectivity index (χ0) is 16.4.